The molecule has 2 unspecified atom stereocenters. The lowest BCUT2D eigenvalue weighted by Crippen LogP contribution is -2.27. The molecule has 0 aliphatic heterocycles. The highest BCUT2D eigenvalue weighted by atomic mass is 19.4. The summed E-state index contributed by atoms with van der Waals surface area (Å²) in [5, 5.41) is 3.27. The van der Waals surface area contributed by atoms with Gasteiger partial charge in [0.15, 0.2) is 0 Å². The molecule has 0 amide bonds. The molecule has 0 saturated heterocycles. The first-order chi connectivity index (χ1) is 9.31. The zero-order chi connectivity index (χ0) is 15.3. The highest BCUT2D eigenvalue weighted by molar-refractivity contribution is 5.29. The molecular weight excluding hydrogens is 270 g/mol. The third-order valence-corrected chi connectivity index (χ3v) is 3.48. The third kappa shape index (κ3) is 4.20. The molecule has 1 aromatic rings. The van der Waals surface area contributed by atoms with Gasteiger partial charge in [0.05, 0.1) is 5.56 Å². The Morgan fingerprint density at radius 2 is 1.85 bits per heavy atom. The zero-order valence-corrected chi connectivity index (χ0v) is 12.0. The fourth-order valence-electron chi connectivity index (χ4n) is 2.14. The summed E-state index contributed by atoms with van der Waals surface area (Å²) < 4.78 is 51.3. The number of alkyl halides is 3. The van der Waals surface area contributed by atoms with Crippen molar-refractivity contribution in [3.8, 4) is 0 Å². The van der Waals surface area contributed by atoms with Crippen LogP contribution in [0.3, 0.4) is 0 Å². The van der Waals surface area contributed by atoms with Crippen LogP contribution in [0.4, 0.5) is 17.6 Å². The van der Waals surface area contributed by atoms with Crippen LogP contribution in [0, 0.1) is 11.7 Å². The number of halogens is 4. The van der Waals surface area contributed by atoms with E-state index in [0.29, 0.717) is 5.56 Å². The molecule has 1 N–H and O–H groups in total. The van der Waals surface area contributed by atoms with Gasteiger partial charge < -0.3 is 5.32 Å². The third-order valence-electron chi connectivity index (χ3n) is 3.48. The molecule has 20 heavy (non-hydrogen) atoms. The SMILES string of the molecule is CCCNC(c1ccc(C(F)(F)F)c(F)c1)C(C)CC. The molecule has 0 bridgehead atoms. The van der Waals surface area contributed by atoms with Crippen LogP contribution in [-0.4, -0.2) is 6.54 Å². The fraction of sp³-hybridized carbons (Fsp3) is 0.600. The lowest BCUT2D eigenvalue weighted by Gasteiger charge is -2.25. The molecule has 1 aromatic carbocycles. The van der Waals surface area contributed by atoms with Crippen LogP contribution < -0.4 is 5.32 Å². The summed E-state index contributed by atoms with van der Waals surface area (Å²) in [5.74, 6) is -0.987. The number of nitrogens with one attached hydrogen (secondary N) is 1. The highest BCUT2D eigenvalue weighted by Gasteiger charge is 2.34. The van der Waals surface area contributed by atoms with Crippen molar-refractivity contribution in [2.24, 2.45) is 5.92 Å². The Morgan fingerprint density at radius 1 is 1.20 bits per heavy atom. The summed E-state index contributed by atoms with van der Waals surface area (Å²) >= 11 is 0. The highest BCUT2D eigenvalue weighted by Crippen LogP contribution is 2.33. The van der Waals surface area contributed by atoms with Crippen LogP contribution in [0.5, 0.6) is 0 Å². The molecule has 114 valence electrons. The van der Waals surface area contributed by atoms with Crippen LogP contribution in [0.15, 0.2) is 18.2 Å². The van der Waals surface area contributed by atoms with Crippen molar-refractivity contribution >= 4 is 0 Å². The Bertz CT molecular complexity index is 428. The second-order valence-corrected chi connectivity index (χ2v) is 5.05. The summed E-state index contributed by atoms with van der Waals surface area (Å²) in [6, 6.07) is 3.07. The molecule has 0 fully saturated rings. The minimum Gasteiger partial charge on any atom is -0.310 e. The van der Waals surface area contributed by atoms with E-state index in [9.17, 15) is 17.6 Å². The molecule has 5 heteroatoms. The zero-order valence-electron chi connectivity index (χ0n) is 12.0. The topological polar surface area (TPSA) is 12.0 Å². The van der Waals surface area contributed by atoms with Crippen molar-refractivity contribution in [2.45, 2.75) is 45.8 Å². The standard InChI is InChI=1S/C15H21F4N/c1-4-8-20-14(10(3)5-2)11-6-7-12(13(16)9-11)15(17,18)19/h6-7,9-10,14,20H,4-5,8H2,1-3H3. The van der Waals surface area contributed by atoms with Gasteiger partial charge in [-0.05, 0) is 36.6 Å². The molecule has 0 spiro atoms. The Morgan fingerprint density at radius 3 is 2.30 bits per heavy atom. The average Bonchev–Trinajstić information content (AvgIpc) is 2.37. The predicted molar refractivity (Wildman–Crippen MR) is 71.9 cm³/mol. The molecule has 1 rings (SSSR count). The van der Waals surface area contributed by atoms with Gasteiger partial charge in [-0.25, -0.2) is 4.39 Å². The maximum atomic E-state index is 13.6. The van der Waals surface area contributed by atoms with Crippen LogP contribution in [-0.2, 0) is 6.18 Å². The maximum Gasteiger partial charge on any atom is 0.419 e. The van der Waals surface area contributed by atoms with Gasteiger partial charge in [0.2, 0.25) is 0 Å². The monoisotopic (exact) mass is 291 g/mol. The van der Waals surface area contributed by atoms with E-state index in [1.54, 1.807) is 0 Å². The molecule has 0 radical (unpaired) electrons. The predicted octanol–water partition coefficient (Wildman–Crippen LogP) is 4.93. The number of rotatable bonds is 6. The minimum atomic E-state index is -4.65. The summed E-state index contributed by atoms with van der Waals surface area (Å²) in [4.78, 5) is 0. The largest absolute Gasteiger partial charge is 0.419 e. The van der Waals surface area contributed by atoms with E-state index in [2.05, 4.69) is 5.32 Å². The normalized spacial score (nSPS) is 15.2. The fourth-order valence-corrected chi connectivity index (χ4v) is 2.14. The van der Waals surface area contributed by atoms with E-state index in [1.165, 1.54) is 6.07 Å². The lowest BCUT2D eigenvalue weighted by atomic mass is 9.91. The van der Waals surface area contributed by atoms with Crippen molar-refractivity contribution in [1.82, 2.24) is 5.32 Å². The van der Waals surface area contributed by atoms with Gasteiger partial charge in [-0.15, -0.1) is 0 Å². The Hall–Kier alpha value is -1.10. The molecule has 2 atom stereocenters. The summed E-state index contributed by atoms with van der Waals surface area (Å²) in [7, 11) is 0. The Balaban J connectivity index is 3.06. The minimum absolute atomic E-state index is 0.128. The van der Waals surface area contributed by atoms with E-state index >= 15 is 0 Å². The first-order valence-corrected chi connectivity index (χ1v) is 6.91. The summed E-state index contributed by atoms with van der Waals surface area (Å²) in [6.07, 6.45) is -2.87. The molecule has 0 heterocycles. The summed E-state index contributed by atoms with van der Waals surface area (Å²) in [6.45, 7) is 6.76. The van der Waals surface area contributed by atoms with E-state index in [4.69, 9.17) is 0 Å². The number of hydrogen-bond acceptors (Lipinski definition) is 1. The van der Waals surface area contributed by atoms with Gasteiger partial charge in [-0.2, -0.15) is 13.2 Å². The van der Waals surface area contributed by atoms with Gasteiger partial charge in [0.1, 0.15) is 5.82 Å². The van der Waals surface area contributed by atoms with Gasteiger partial charge in [-0.3, -0.25) is 0 Å². The Labute approximate surface area is 117 Å². The van der Waals surface area contributed by atoms with Crippen LogP contribution >= 0.6 is 0 Å². The van der Waals surface area contributed by atoms with E-state index < -0.39 is 17.6 Å². The molecular formula is C15H21F4N. The molecule has 0 aliphatic rings. The first kappa shape index (κ1) is 17.0. The van der Waals surface area contributed by atoms with Crippen molar-refractivity contribution in [1.29, 1.82) is 0 Å². The van der Waals surface area contributed by atoms with E-state index in [1.807, 2.05) is 20.8 Å². The molecule has 0 saturated carbocycles. The molecule has 1 nitrogen and oxygen atoms in total. The van der Waals surface area contributed by atoms with Gasteiger partial charge in [-0.1, -0.05) is 33.3 Å². The number of hydrogen-bond donors (Lipinski definition) is 1. The lowest BCUT2D eigenvalue weighted by molar-refractivity contribution is -0.140. The molecule has 0 aliphatic carbocycles. The van der Waals surface area contributed by atoms with Crippen LogP contribution in [0.2, 0.25) is 0 Å². The average molecular weight is 291 g/mol. The van der Waals surface area contributed by atoms with Crippen molar-refractivity contribution < 1.29 is 17.6 Å². The van der Waals surface area contributed by atoms with Crippen molar-refractivity contribution in [3.05, 3.63) is 35.1 Å². The second-order valence-electron chi connectivity index (χ2n) is 5.05. The molecule has 0 aromatic heterocycles. The first-order valence-electron chi connectivity index (χ1n) is 6.91. The smallest absolute Gasteiger partial charge is 0.310 e. The van der Waals surface area contributed by atoms with Crippen LogP contribution in [0.1, 0.15) is 50.8 Å². The maximum absolute atomic E-state index is 13.6. The van der Waals surface area contributed by atoms with E-state index in [-0.39, 0.29) is 12.0 Å². The van der Waals surface area contributed by atoms with E-state index in [0.717, 1.165) is 31.5 Å². The van der Waals surface area contributed by atoms with Gasteiger partial charge >= 0.3 is 6.18 Å². The number of benzene rings is 1. The van der Waals surface area contributed by atoms with Crippen molar-refractivity contribution in [3.63, 3.8) is 0 Å². The quantitative estimate of drug-likeness (QED) is 0.733. The summed E-state index contributed by atoms with van der Waals surface area (Å²) in [5.41, 5.74) is -0.641. The van der Waals surface area contributed by atoms with Crippen LogP contribution in [0.25, 0.3) is 0 Å². The van der Waals surface area contributed by atoms with Gasteiger partial charge in [0.25, 0.3) is 0 Å². The Kier molecular flexibility index (Phi) is 5.99. The van der Waals surface area contributed by atoms with Gasteiger partial charge in [0, 0.05) is 6.04 Å². The second kappa shape index (κ2) is 7.07. The van der Waals surface area contributed by atoms with Crippen molar-refractivity contribution in [2.75, 3.05) is 6.54 Å².